The molecular formula is C14H18O7. The van der Waals surface area contributed by atoms with Crippen LogP contribution in [0.1, 0.15) is 40.1 Å². The van der Waals surface area contributed by atoms with Gasteiger partial charge in [-0.3, -0.25) is 0 Å². The summed E-state index contributed by atoms with van der Waals surface area (Å²) in [6.07, 6.45) is 0.503. The Morgan fingerprint density at radius 3 is 2.05 bits per heavy atom. The fourth-order valence-electron chi connectivity index (χ4n) is 1.53. The van der Waals surface area contributed by atoms with Crippen molar-refractivity contribution in [3.05, 3.63) is 34.9 Å². The molecule has 0 heterocycles. The number of carbonyl (C=O) groups excluding carboxylic acids is 1. The Hall–Kier alpha value is -2.41. The van der Waals surface area contributed by atoms with E-state index in [2.05, 4.69) is 4.74 Å². The smallest absolute Gasteiger partial charge is 0.336 e. The summed E-state index contributed by atoms with van der Waals surface area (Å²) in [7, 11) is 0. The number of aliphatic hydroxyl groups is 1. The third-order valence-corrected chi connectivity index (χ3v) is 2.41. The molecule has 0 aliphatic heterocycles. The number of carboxylic acids is 2. The maximum atomic E-state index is 10.8. The van der Waals surface area contributed by atoms with Gasteiger partial charge in [-0.15, -0.1) is 0 Å². The summed E-state index contributed by atoms with van der Waals surface area (Å²) in [6, 6.07) is 4.47. The van der Waals surface area contributed by atoms with Crippen molar-refractivity contribution >= 4 is 17.9 Å². The predicted octanol–water partition coefficient (Wildman–Crippen LogP) is 1.19. The van der Waals surface area contributed by atoms with E-state index in [1.54, 1.807) is 26.0 Å². The van der Waals surface area contributed by atoms with Crippen molar-refractivity contribution < 1.29 is 34.4 Å². The number of carboxylic acid groups (broad SMARTS) is 2. The van der Waals surface area contributed by atoms with E-state index >= 15 is 0 Å². The Balaban J connectivity index is 0.000000486. The third kappa shape index (κ3) is 6.05. The van der Waals surface area contributed by atoms with E-state index in [0.29, 0.717) is 18.6 Å². The van der Waals surface area contributed by atoms with Gasteiger partial charge in [-0.2, -0.15) is 0 Å². The summed E-state index contributed by atoms with van der Waals surface area (Å²) in [5.41, 5.74) is 0.275. The Kier molecular flexibility index (Phi) is 8.40. The van der Waals surface area contributed by atoms with Crippen molar-refractivity contribution in [1.29, 1.82) is 0 Å². The highest BCUT2D eigenvalue weighted by Gasteiger charge is 2.18. The molecule has 0 unspecified atom stereocenters. The van der Waals surface area contributed by atoms with Crippen molar-refractivity contribution in [2.75, 3.05) is 13.2 Å². The minimum Gasteiger partial charge on any atom is -0.478 e. The number of aryl methyl sites for hydroxylation is 1. The average molecular weight is 298 g/mol. The van der Waals surface area contributed by atoms with Gasteiger partial charge in [-0.05, 0) is 25.0 Å². The lowest BCUT2D eigenvalue weighted by molar-refractivity contribution is -0.146. The lowest BCUT2D eigenvalue weighted by Gasteiger charge is -2.06. The molecule has 1 aromatic rings. The molecule has 1 rings (SSSR count). The Labute approximate surface area is 121 Å². The standard InChI is InChI=1S/C10H10O4.C4H8O3/c1-2-6-4-3-5-7(9(11)12)8(6)10(13)14;1-2-7-4(6)3-5/h3-5H,2H2,1H3,(H,11,12)(H,13,14);5H,2-3H2,1H3. The number of rotatable bonds is 5. The topological polar surface area (TPSA) is 121 Å². The summed E-state index contributed by atoms with van der Waals surface area (Å²) < 4.78 is 4.30. The highest BCUT2D eigenvalue weighted by Crippen LogP contribution is 2.15. The van der Waals surface area contributed by atoms with Crippen molar-refractivity contribution in [2.24, 2.45) is 0 Å². The quantitative estimate of drug-likeness (QED) is 0.698. The summed E-state index contributed by atoms with van der Waals surface area (Å²) in [5.74, 6) is -2.97. The predicted molar refractivity (Wildman–Crippen MR) is 73.5 cm³/mol. The molecule has 1 aromatic carbocycles. The van der Waals surface area contributed by atoms with Gasteiger partial charge in [0.05, 0.1) is 17.7 Å². The number of benzene rings is 1. The van der Waals surface area contributed by atoms with Crippen LogP contribution in [0, 0.1) is 0 Å². The summed E-state index contributed by atoms with van der Waals surface area (Å²) in [5, 5.41) is 25.6. The molecular weight excluding hydrogens is 280 g/mol. The van der Waals surface area contributed by atoms with E-state index in [1.165, 1.54) is 6.07 Å². The Bertz CT molecular complexity index is 508. The van der Waals surface area contributed by atoms with Gasteiger partial charge in [0.1, 0.15) is 6.61 Å². The van der Waals surface area contributed by atoms with Gasteiger partial charge in [0.2, 0.25) is 0 Å². The Morgan fingerprint density at radius 2 is 1.71 bits per heavy atom. The maximum Gasteiger partial charge on any atom is 0.336 e. The van der Waals surface area contributed by atoms with Crippen molar-refractivity contribution in [3.8, 4) is 0 Å². The molecule has 116 valence electrons. The van der Waals surface area contributed by atoms with Gasteiger partial charge < -0.3 is 20.1 Å². The largest absolute Gasteiger partial charge is 0.478 e. The number of aromatic carboxylic acids is 2. The molecule has 21 heavy (non-hydrogen) atoms. The van der Waals surface area contributed by atoms with Crippen molar-refractivity contribution in [3.63, 3.8) is 0 Å². The summed E-state index contributed by atoms with van der Waals surface area (Å²) >= 11 is 0. The SMILES string of the molecule is CCOC(=O)CO.CCc1cccc(C(=O)O)c1C(=O)O. The third-order valence-electron chi connectivity index (χ3n) is 2.41. The van der Waals surface area contributed by atoms with Crippen LogP contribution in [0.25, 0.3) is 0 Å². The molecule has 0 saturated carbocycles. The van der Waals surface area contributed by atoms with Crippen LogP contribution in [-0.4, -0.2) is 46.4 Å². The van der Waals surface area contributed by atoms with Crippen LogP contribution in [0.3, 0.4) is 0 Å². The zero-order valence-electron chi connectivity index (χ0n) is 11.8. The molecule has 3 N–H and O–H groups in total. The number of aliphatic hydroxyl groups excluding tert-OH is 1. The molecule has 0 aliphatic carbocycles. The molecule has 0 bridgehead atoms. The van der Waals surface area contributed by atoms with Gasteiger partial charge in [-0.25, -0.2) is 14.4 Å². The number of carbonyl (C=O) groups is 3. The number of hydrogen-bond donors (Lipinski definition) is 3. The lowest BCUT2D eigenvalue weighted by atomic mass is 9.99. The highest BCUT2D eigenvalue weighted by atomic mass is 16.5. The highest BCUT2D eigenvalue weighted by molar-refractivity contribution is 6.02. The van der Waals surface area contributed by atoms with Crippen molar-refractivity contribution in [1.82, 2.24) is 0 Å². The maximum absolute atomic E-state index is 10.8. The average Bonchev–Trinajstić information content (AvgIpc) is 2.46. The summed E-state index contributed by atoms with van der Waals surface area (Å²) in [4.78, 5) is 31.5. The van der Waals surface area contributed by atoms with Gasteiger partial charge in [-0.1, -0.05) is 19.1 Å². The molecule has 0 amide bonds. The van der Waals surface area contributed by atoms with E-state index in [9.17, 15) is 14.4 Å². The van der Waals surface area contributed by atoms with Gasteiger partial charge in [0.15, 0.2) is 0 Å². The molecule has 0 aromatic heterocycles. The first-order valence-electron chi connectivity index (χ1n) is 6.23. The second-order valence-corrected chi connectivity index (χ2v) is 3.77. The van der Waals surface area contributed by atoms with E-state index in [4.69, 9.17) is 15.3 Å². The first-order chi connectivity index (χ1) is 9.88. The summed E-state index contributed by atoms with van der Waals surface area (Å²) in [6.45, 7) is 3.29. The van der Waals surface area contributed by atoms with Crippen LogP contribution >= 0.6 is 0 Å². The number of hydrogen-bond acceptors (Lipinski definition) is 5. The van der Waals surface area contributed by atoms with Crippen LogP contribution in [-0.2, 0) is 16.0 Å². The molecule has 0 atom stereocenters. The van der Waals surface area contributed by atoms with E-state index in [1.807, 2.05) is 0 Å². The minimum atomic E-state index is -1.21. The molecule has 0 saturated heterocycles. The normalized spacial score (nSPS) is 9.29. The first-order valence-corrected chi connectivity index (χ1v) is 6.23. The van der Waals surface area contributed by atoms with Crippen LogP contribution in [0.4, 0.5) is 0 Å². The molecule has 0 spiro atoms. The van der Waals surface area contributed by atoms with Gasteiger partial charge >= 0.3 is 17.9 Å². The monoisotopic (exact) mass is 298 g/mol. The Morgan fingerprint density at radius 1 is 1.10 bits per heavy atom. The van der Waals surface area contributed by atoms with E-state index in [0.717, 1.165) is 0 Å². The second-order valence-electron chi connectivity index (χ2n) is 3.77. The van der Waals surface area contributed by atoms with Crippen molar-refractivity contribution in [2.45, 2.75) is 20.3 Å². The first kappa shape index (κ1) is 18.6. The van der Waals surface area contributed by atoms with Gasteiger partial charge in [0.25, 0.3) is 0 Å². The van der Waals surface area contributed by atoms with Gasteiger partial charge in [0, 0.05) is 0 Å². The van der Waals surface area contributed by atoms with Crippen LogP contribution in [0.2, 0.25) is 0 Å². The van der Waals surface area contributed by atoms with E-state index in [-0.39, 0.29) is 11.1 Å². The van der Waals surface area contributed by atoms with E-state index < -0.39 is 24.5 Å². The molecule has 0 aliphatic rings. The molecule has 0 radical (unpaired) electrons. The minimum absolute atomic E-state index is 0.109. The molecule has 0 fully saturated rings. The van der Waals surface area contributed by atoms with Crippen LogP contribution in [0.15, 0.2) is 18.2 Å². The van der Waals surface area contributed by atoms with Crippen LogP contribution in [0.5, 0.6) is 0 Å². The fourth-order valence-corrected chi connectivity index (χ4v) is 1.53. The molecule has 7 heteroatoms. The lowest BCUT2D eigenvalue weighted by Crippen LogP contribution is -2.10. The zero-order chi connectivity index (χ0) is 16.4. The number of ether oxygens (including phenoxy) is 1. The second kappa shape index (κ2) is 9.49. The van der Waals surface area contributed by atoms with Crippen LogP contribution < -0.4 is 0 Å². The zero-order valence-corrected chi connectivity index (χ0v) is 11.8. The fraction of sp³-hybridized carbons (Fsp3) is 0.357. The number of esters is 1. The molecule has 7 nitrogen and oxygen atoms in total.